The minimum atomic E-state index is -0.460. The van der Waals surface area contributed by atoms with Gasteiger partial charge in [-0.1, -0.05) is 6.07 Å². The van der Waals surface area contributed by atoms with E-state index < -0.39 is 5.97 Å². The summed E-state index contributed by atoms with van der Waals surface area (Å²) in [4.78, 5) is 23.3. The number of esters is 1. The van der Waals surface area contributed by atoms with E-state index in [4.69, 9.17) is 9.47 Å². The van der Waals surface area contributed by atoms with Crippen molar-refractivity contribution >= 4 is 17.6 Å². The van der Waals surface area contributed by atoms with E-state index in [1.54, 1.807) is 49.6 Å². The third kappa shape index (κ3) is 4.74. The van der Waals surface area contributed by atoms with Gasteiger partial charge in [-0.15, -0.1) is 0 Å². The highest BCUT2D eigenvalue weighted by molar-refractivity contribution is 5.92. The minimum Gasteiger partial charge on any atom is -0.497 e. The monoisotopic (exact) mass is 315 g/mol. The van der Waals surface area contributed by atoms with Crippen LogP contribution < -0.4 is 14.8 Å². The Bertz CT molecular complexity index is 682. The normalized spacial score (nSPS) is 9.83. The molecule has 0 aliphatic heterocycles. The number of amides is 1. The fourth-order valence-corrected chi connectivity index (χ4v) is 1.85. The maximum atomic E-state index is 11.9. The summed E-state index contributed by atoms with van der Waals surface area (Å²) in [6.07, 6.45) is 0. The van der Waals surface area contributed by atoms with E-state index >= 15 is 0 Å². The molecule has 0 fully saturated rings. The zero-order chi connectivity index (χ0) is 16.7. The van der Waals surface area contributed by atoms with E-state index in [0.29, 0.717) is 22.7 Å². The standard InChI is InChI=1S/C17H17NO5/c1-21-14-8-6-13(7-9-14)18-16(19)11-23-15-5-3-4-12(10-15)17(20)22-2/h3-10H,11H2,1-2H3,(H,18,19). The highest BCUT2D eigenvalue weighted by Gasteiger charge is 2.08. The maximum absolute atomic E-state index is 11.9. The highest BCUT2D eigenvalue weighted by atomic mass is 16.5. The molecule has 0 spiro atoms. The molecule has 0 saturated carbocycles. The molecule has 2 rings (SSSR count). The van der Waals surface area contributed by atoms with Gasteiger partial charge in [0.2, 0.25) is 0 Å². The molecule has 0 atom stereocenters. The van der Waals surface area contributed by atoms with Gasteiger partial charge < -0.3 is 19.5 Å². The molecule has 0 unspecified atom stereocenters. The molecule has 120 valence electrons. The minimum absolute atomic E-state index is 0.170. The molecule has 0 saturated heterocycles. The lowest BCUT2D eigenvalue weighted by Gasteiger charge is -2.09. The van der Waals surface area contributed by atoms with Crippen molar-refractivity contribution < 1.29 is 23.8 Å². The van der Waals surface area contributed by atoms with Crippen LogP contribution in [0.2, 0.25) is 0 Å². The Labute approximate surface area is 134 Å². The first-order valence-corrected chi connectivity index (χ1v) is 6.87. The fraction of sp³-hybridized carbons (Fsp3) is 0.176. The number of rotatable bonds is 6. The molecule has 1 N–H and O–H groups in total. The van der Waals surface area contributed by atoms with Crippen LogP contribution in [-0.4, -0.2) is 32.7 Å². The zero-order valence-electron chi connectivity index (χ0n) is 12.9. The number of ether oxygens (including phenoxy) is 3. The molecule has 0 aliphatic carbocycles. The Balaban J connectivity index is 1.89. The van der Waals surface area contributed by atoms with E-state index in [1.807, 2.05) is 0 Å². The maximum Gasteiger partial charge on any atom is 0.337 e. The quantitative estimate of drug-likeness (QED) is 0.829. The van der Waals surface area contributed by atoms with E-state index in [1.165, 1.54) is 13.2 Å². The number of carbonyl (C=O) groups is 2. The summed E-state index contributed by atoms with van der Waals surface area (Å²) < 4.78 is 15.1. The van der Waals surface area contributed by atoms with Crippen LogP contribution in [0.15, 0.2) is 48.5 Å². The molecule has 1 amide bonds. The van der Waals surface area contributed by atoms with Gasteiger partial charge in [0.1, 0.15) is 11.5 Å². The van der Waals surface area contributed by atoms with Gasteiger partial charge in [0.05, 0.1) is 19.8 Å². The smallest absolute Gasteiger partial charge is 0.337 e. The molecule has 0 aromatic heterocycles. The number of hydrogen-bond acceptors (Lipinski definition) is 5. The van der Waals surface area contributed by atoms with E-state index in [2.05, 4.69) is 10.1 Å². The highest BCUT2D eigenvalue weighted by Crippen LogP contribution is 2.16. The van der Waals surface area contributed by atoms with Crippen molar-refractivity contribution in [3.8, 4) is 11.5 Å². The molecule has 0 heterocycles. The molecule has 23 heavy (non-hydrogen) atoms. The van der Waals surface area contributed by atoms with Crippen LogP contribution in [0.25, 0.3) is 0 Å². The van der Waals surface area contributed by atoms with Crippen molar-refractivity contribution in [2.45, 2.75) is 0 Å². The van der Waals surface area contributed by atoms with E-state index in [0.717, 1.165) is 0 Å². The first-order chi connectivity index (χ1) is 11.1. The molecule has 2 aromatic rings. The van der Waals surface area contributed by atoms with Crippen molar-refractivity contribution in [2.75, 3.05) is 26.1 Å². The second-order valence-electron chi connectivity index (χ2n) is 4.58. The number of benzene rings is 2. The van der Waals surface area contributed by atoms with E-state index in [-0.39, 0.29) is 12.5 Å². The summed E-state index contributed by atoms with van der Waals surface area (Å²) in [5, 5.41) is 2.70. The van der Waals surface area contributed by atoms with Crippen molar-refractivity contribution in [1.82, 2.24) is 0 Å². The van der Waals surface area contributed by atoms with Gasteiger partial charge in [0.25, 0.3) is 5.91 Å². The first kappa shape index (κ1) is 16.4. The predicted molar refractivity (Wildman–Crippen MR) is 84.9 cm³/mol. The van der Waals surface area contributed by atoms with Gasteiger partial charge in [-0.05, 0) is 42.5 Å². The summed E-state index contributed by atoms with van der Waals surface area (Å²) in [6, 6.07) is 13.4. The molecular weight excluding hydrogens is 298 g/mol. The second kappa shape index (κ2) is 7.84. The van der Waals surface area contributed by atoms with Crippen LogP contribution in [0.1, 0.15) is 10.4 Å². The average Bonchev–Trinajstić information content (AvgIpc) is 2.60. The molecular formula is C17H17NO5. The number of hydrogen-bond donors (Lipinski definition) is 1. The van der Waals surface area contributed by atoms with Crippen LogP contribution in [0, 0.1) is 0 Å². The summed E-state index contributed by atoms with van der Waals surface area (Å²) in [7, 11) is 2.88. The third-order valence-electron chi connectivity index (χ3n) is 3.00. The van der Waals surface area contributed by atoms with Gasteiger partial charge >= 0.3 is 5.97 Å². The van der Waals surface area contributed by atoms with Gasteiger partial charge in [-0.3, -0.25) is 4.79 Å². The zero-order valence-corrected chi connectivity index (χ0v) is 12.9. The van der Waals surface area contributed by atoms with Crippen molar-refractivity contribution in [3.05, 3.63) is 54.1 Å². The molecule has 0 aliphatic rings. The third-order valence-corrected chi connectivity index (χ3v) is 3.00. The van der Waals surface area contributed by atoms with Gasteiger partial charge in [0.15, 0.2) is 6.61 Å². The lowest BCUT2D eigenvalue weighted by atomic mass is 10.2. The van der Waals surface area contributed by atoms with Crippen molar-refractivity contribution in [1.29, 1.82) is 0 Å². The number of anilines is 1. The topological polar surface area (TPSA) is 73.9 Å². The number of methoxy groups -OCH3 is 2. The van der Waals surface area contributed by atoms with Crippen LogP contribution >= 0.6 is 0 Å². The predicted octanol–water partition coefficient (Wildman–Crippen LogP) is 2.50. The Morgan fingerprint density at radius 3 is 2.39 bits per heavy atom. The SMILES string of the molecule is COC(=O)c1cccc(OCC(=O)Nc2ccc(OC)cc2)c1. The second-order valence-corrected chi connectivity index (χ2v) is 4.58. The van der Waals surface area contributed by atoms with Gasteiger partial charge in [-0.25, -0.2) is 4.79 Å². The van der Waals surface area contributed by atoms with Crippen LogP contribution in [0.3, 0.4) is 0 Å². The molecule has 6 heteroatoms. The van der Waals surface area contributed by atoms with Crippen molar-refractivity contribution in [2.24, 2.45) is 0 Å². The summed E-state index contributed by atoms with van der Waals surface area (Å²) in [5.41, 5.74) is 1.00. The Morgan fingerprint density at radius 1 is 1.00 bits per heavy atom. The molecule has 6 nitrogen and oxygen atoms in total. The Kier molecular flexibility index (Phi) is 5.57. The number of nitrogens with one attached hydrogen (secondary N) is 1. The van der Waals surface area contributed by atoms with E-state index in [9.17, 15) is 9.59 Å². The summed E-state index contributed by atoms with van der Waals surface area (Å²) >= 11 is 0. The van der Waals surface area contributed by atoms with Gasteiger partial charge in [-0.2, -0.15) is 0 Å². The van der Waals surface area contributed by atoms with Crippen LogP contribution in [-0.2, 0) is 9.53 Å². The van der Waals surface area contributed by atoms with Crippen LogP contribution in [0.5, 0.6) is 11.5 Å². The van der Waals surface area contributed by atoms with Crippen molar-refractivity contribution in [3.63, 3.8) is 0 Å². The lowest BCUT2D eigenvalue weighted by molar-refractivity contribution is -0.118. The molecule has 2 aromatic carbocycles. The number of carbonyl (C=O) groups excluding carboxylic acids is 2. The summed E-state index contributed by atoms with van der Waals surface area (Å²) in [5.74, 6) is 0.355. The largest absolute Gasteiger partial charge is 0.497 e. The lowest BCUT2D eigenvalue weighted by Crippen LogP contribution is -2.20. The Morgan fingerprint density at radius 2 is 1.74 bits per heavy atom. The molecule has 0 radical (unpaired) electrons. The van der Waals surface area contributed by atoms with Gasteiger partial charge in [0, 0.05) is 5.69 Å². The fourth-order valence-electron chi connectivity index (χ4n) is 1.85. The summed E-state index contributed by atoms with van der Waals surface area (Å²) in [6.45, 7) is -0.170. The molecule has 0 bridgehead atoms. The first-order valence-electron chi connectivity index (χ1n) is 6.87. The Hall–Kier alpha value is -3.02. The average molecular weight is 315 g/mol. The van der Waals surface area contributed by atoms with Crippen LogP contribution in [0.4, 0.5) is 5.69 Å².